The number of urea groups is 1. The molecule has 2 heterocycles. The summed E-state index contributed by atoms with van der Waals surface area (Å²) >= 11 is 1.53. The van der Waals surface area contributed by atoms with Crippen LogP contribution in [0.5, 0.6) is 5.75 Å². The number of nitrogens with zero attached hydrogens (tertiary/aromatic N) is 2. The normalized spacial score (nSPS) is 19.9. The van der Waals surface area contributed by atoms with Crippen LogP contribution >= 0.6 is 11.8 Å². The second-order valence-electron chi connectivity index (χ2n) is 6.10. The highest BCUT2D eigenvalue weighted by atomic mass is 32.2. The van der Waals surface area contributed by atoms with Crippen LogP contribution in [0.15, 0.2) is 24.3 Å². The van der Waals surface area contributed by atoms with E-state index in [-0.39, 0.29) is 24.4 Å². The zero-order valence-corrected chi connectivity index (χ0v) is 15.4. The van der Waals surface area contributed by atoms with Gasteiger partial charge >= 0.3 is 6.03 Å². The highest BCUT2D eigenvalue weighted by molar-refractivity contribution is 7.99. The predicted molar refractivity (Wildman–Crippen MR) is 99.2 cm³/mol. The Morgan fingerprint density at radius 1 is 1.35 bits per heavy atom. The van der Waals surface area contributed by atoms with Crippen molar-refractivity contribution in [1.82, 2.24) is 15.1 Å². The minimum atomic E-state index is -0.539. The third kappa shape index (κ3) is 4.21. The lowest BCUT2D eigenvalue weighted by Crippen LogP contribution is -2.53. The number of hydrogen-bond donors (Lipinski definition) is 2. The molecule has 2 fully saturated rings. The maximum atomic E-state index is 12.6. The predicted octanol–water partition coefficient (Wildman–Crippen LogP) is 0.950. The Balaban J connectivity index is 1.60. The van der Waals surface area contributed by atoms with Gasteiger partial charge in [-0.15, -0.1) is 11.8 Å². The molecule has 1 atom stereocenters. The quantitative estimate of drug-likeness (QED) is 0.796. The van der Waals surface area contributed by atoms with E-state index in [2.05, 4.69) is 10.6 Å². The van der Waals surface area contributed by atoms with Gasteiger partial charge in [0.05, 0.1) is 13.0 Å². The summed E-state index contributed by atoms with van der Waals surface area (Å²) in [5.41, 5.74) is 0.649. The van der Waals surface area contributed by atoms with Crippen molar-refractivity contribution in [3.05, 3.63) is 24.3 Å². The van der Waals surface area contributed by atoms with Crippen molar-refractivity contribution in [1.29, 1.82) is 0 Å². The average Bonchev–Trinajstić information content (AvgIpc) is 3.14. The number of rotatable bonds is 5. The van der Waals surface area contributed by atoms with Crippen LogP contribution in [0.25, 0.3) is 0 Å². The van der Waals surface area contributed by atoms with E-state index in [1.165, 1.54) is 16.7 Å². The molecule has 0 spiro atoms. The topological polar surface area (TPSA) is 91.0 Å². The Hall–Kier alpha value is -2.42. The first-order valence-corrected chi connectivity index (χ1v) is 9.59. The van der Waals surface area contributed by atoms with Crippen molar-refractivity contribution in [3.8, 4) is 5.75 Å². The lowest BCUT2D eigenvalue weighted by atomic mass is 10.2. The molecule has 1 aromatic carbocycles. The van der Waals surface area contributed by atoms with Crippen LogP contribution < -0.4 is 15.4 Å². The van der Waals surface area contributed by atoms with Gasteiger partial charge < -0.3 is 25.2 Å². The Morgan fingerprint density at radius 2 is 2.12 bits per heavy atom. The third-order valence-corrected chi connectivity index (χ3v) is 5.37. The maximum Gasteiger partial charge on any atom is 0.317 e. The molecule has 0 radical (unpaired) electrons. The zero-order valence-electron chi connectivity index (χ0n) is 14.6. The average molecular weight is 378 g/mol. The van der Waals surface area contributed by atoms with Crippen molar-refractivity contribution >= 4 is 35.3 Å². The van der Waals surface area contributed by atoms with Crippen LogP contribution in [-0.4, -0.2) is 72.1 Å². The largest absolute Gasteiger partial charge is 0.497 e. The summed E-state index contributed by atoms with van der Waals surface area (Å²) in [5.74, 6) is 1.27. The number of carbonyl (C=O) groups excluding carboxylic acids is 3. The third-order valence-electron chi connectivity index (χ3n) is 4.36. The highest BCUT2D eigenvalue weighted by Gasteiger charge is 2.36. The first-order valence-electron chi connectivity index (χ1n) is 8.43. The van der Waals surface area contributed by atoms with Crippen LogP contribution in [0.3, 0.4) is 0 Å². The molecule has 140 valence electrons. The lowest BCUT2D eigenvalue weighted by Gasteiger charge is -2.30. The second-order valence-corrected chi connectivity index (χ2v) is 7.10. The summed E-state index contributed by atoms with van der Waals surface area (Å²) in [5, 5.41) is 5.56. The molecule has 0 aliphatic carbocycles. The van der Waals surface area contributed by atoms with E-state index in [9.17, 15) is 14.4 Å². The fourth-order valence-corrected chi connectivity index (χ4v) is 4.07. The van der Waals surface area contributed by atoms with E-state index in [1.54, 1.807) is 36.3 Å². The smallest absolute Gasteiger partial charge is 0.317 e. The van der Waals surface area contributed by atoms with Crippen LogP contribution in [0.2, 0.25) is 0 Å². The second kappa shape index (κ2) is 8.31. The number of carbonyl (C=O) groups is 3. The van der Waals surface area contributed by atoms with Crippen molar-refractivity contribution < 1.29 is 19.1 Å². The summed E-state index contributed by atoms with van der Waals surface area (Å²) in [6.45, 7) is 1.19. The molecule has 2 aliphatic heterocycles. The van der Waals surface area contributed by atoms with Crippen molar-refractivity contribution in [3.63, 3.8) is 0 Å². The molecule has 3 rings (SSSR count). The monoisotopic (exact) mass is 378 g/mol. The molecule has 0 unspecified atom stereocenters. The molecule has 0 bridgehead atoms. The Labute approximate surface area is 156 Å². The van der Waals surface area contributed by atoms with Gasteiger partial charge in [0, 0.05) is 24.5 Å². The van der Waals surface area contributed by atoms with E-state index >= 15 is 0 Å². The highest BCUT2D eigenvalue weighted by Crippen LogP contribution is 2.23. The Kier molecular flexibility index (Phi) is 5.87. The Morgan fingerprint density at radius 3 is 2.81 bits per heavy atom. The summed E-state index contributed by atoms with van der Waals surface area (Å²) in [7, 11) is 1.58. The van der Waals surface area contributed by atoms with E-state index < -0.39 is 6.04 Å². The van der Waals surface area contributed by atoms with Gasteiger partial charge in [0.2, 0.25) is 11.8 Å². The molecule has 8 nitrogen and oxygen atoms in total. The van der Waals surface area contributed by atoms with E-state index in [4.69, 9.17) is 4.74 Å². The molecule has 2 aliphatic rings. The van der Waals surface area contributed by atoms with Crippen LogP contribution in [-0.2, 0) is 9.59 Å². The molecular formula is C17H22N4O4S. The van der Waals surface area contributed by atoms with Gasteiger partial charge in [0.1, 0.15) is 18.3 Å². The van der Waals surface area contributed by atoms with E-state index in [1.807, 2.05) is 0 Å². The fourth-order valence-electron chi connectivity index (χ4n) is 2.89. The molecule has 26 heavy (non-hydrogen) atoms. The summed E-state index contributed by atoms with van der Waals surface area (Å²) in [6.07, 6.45) is 0.815. The molecule has 9 heteroatoms. The van der Waals surface area contributed by atoms with Gasteiger partial charge in [-0.25, -0.2) is 4.79 Å². The van der Waals surface area contributed by atoms with Gasteiger partial charge in [-0.2, -0.15) is 0 Å². The van der Waals surface area contributed by atoms with Crippen LogP contribution in [0.1, 0.15) is 6.42 Å². The standard InChI is InChI=1S/C17H22N4O4S/c1-25-13-5-3-12(4-6-13)19-16(23)14-10-26-11-21(14)15(22)9-20-8-2-7-18-17(20)24/h3-6,14H,2,7-11H2,1H3,(H,18,24)(H,19,23)/t14-/m1/s1. The van der Waals surface area contributed by atoms with Crippen molar-refractivity contribution in [2.45, 2.75) is 12.5 Å². The van der Waals surface area contributed by atoms with Crippen molar-refractivity contribution in [2.75, 3.05) is 43.7 Å². The Bertz CT molecular complexity index is 682. The van der Waals surface area contributed by atoms with Crippen LogP contribution in [0, 0.1) is 0 Å². The van der Waals surface area contributed by atoms with Gasteiger partial charge in [0.25, 0.3) is 0 Å². The number of nitrogens with one attached hydrogen (secondary N) is 2. The lowest BCUT2D eigenvalue weighted by molar-refractivity contribution is -0.136. The first kappa shape index (κ1) is 18.4. The minimum Gasteiger partial charge on any atom is -0.497 e. The molecule has 1 aromatic rings. The summed E-state index contributed by atoms with van der Waals surface area (Å²) in [6, 6.07) is 6.26. The fraction of sp³-hybridized carbons (Fsp3) is 0.471. The number of methoxy groups -OCH3 is 1. The zero-order chi connectivity index (χ0) is 18.5. The summed E-state index contributed by atoms with van der Waals surface area (Å²) < 4.78 is 5.10. The van der Waals surface area contributed by atoms with Gasteiger partial charge in [-0.1, -0.05) is 0 Å². The van der Waals surface area contributed by atoms with Gasteiger partial charge in [0.15, 0.2) is 0 Å². The van der Waals surface area contributed by atoms with E-state index in [0.717, 1.165) is 6.42 Å². The number of thioether (sulfide) groups is 1. The SMILES string of the molecule is COc1ccc(NC(=O)[C@H]2CSCN2C(=O)CN2CCCNC2=O)cc1. The number of hydrogen-bond acceptors (Lipinski definition) is 5. The molecule has 4 amide bonds. The molecule has 2 N–H and O–H groups in total. The molecule has 2 saturated heterocycles. The minimum absolute atomic E-state index is 0.00128. The number of benzene rings is 1. The number of amides is 4. The van der Waals surface area contributed by atoms with Gasteiger partial charge in [-0.05, 0) is 30.7 Å². The van der Waals surface area contributed by atoms with Gasteiger partial charge in [-0.3, -0.25) is 9.59 Å². The van der Waals surface area contributed by atoms with Crippen LogP contribution in [0.4, 0.5) is 10.5 Å². The molecule has 0 saturated carbocycles. The maximum absolute atomic E-state index is 12.6. The van der Waals surface area contributed by atoms with Crippen molar-refractivity contribution in [2.24, 2.45) is 0 Å². The molecule has 0 aromatic heterocycles. The summed E-state index contributed by atoms with van der Waals surface area (Å²) in [4.78, 5) is 40.0. The first-order chi connectivity index (χ1) is 12.6. The molecular weight excluding hydrogens is 356 g/mol. The number of anilines is 1. The van der Waals surface area contributed by atoms with E-state index in [0.29, 0.717) is 36.2 Å². The number of ether oxygens (including phenoxy) is 1.